The normalized spacial score (nSPS) is 13.7. The third kappa shape index (κ3) is 5.29. The maximum atomic E-state index is 12.1. The van der Waals surface area contributed by atoms with Crippen molar-refractivity contribution in [3.05, 3.63) is 48.5 Å². The minimum absolute atomic E-state index is 0.0144. The molecule has 2 rings (SSSR count). The van der Waals surface area contributed by atoms with E-state index in [1.165, 1.54) is 24.3 Å². The van der Waals surface area contributed by atoms with Crippen LogP contribution in [0.5, 0.6) is 11.5 Å². The van der Waals surface area contributed by atoms with E-state index >= 15 is 0 Å². The summed E-state index contributed by atoms with van der Waals surface area (Å²) in [5.74, 6) is 0.870. The number of nitrogens with two attached hydrogens (primary N) is 2. The molecule has 0 aromatic heterocycles. The molecule has 2 atom stereocenters. The molecule has 1 amide bonds. The van der Waals surface area contributed by atoms with E-state index < -0.39 is 16.1 Å². The van der Waals surface area contributed by atoms with E-state index in [4.69, 9.17) is 15.6 Å². The first-order valence-corrected chi connectivity index (χ1v) is 9.72. The van der Waals surface area contributed by atoms with Crippen LogP contribution in [0.2, 0.25) is 0 Å². The van der Waals surface area contributed by atoms with Crippen molar-refractivity contribution in [1.29, 1.82) is 0 Å². The number of hydrogen-bond donors (Lipinski definition) is 3. The topological polar surface area (TPSA) is 125 Å². The number of sulfonamides is 1. The summed E-state index contributed by atoms with van der Waals surface area (Å²) < 4.78 is 28.1. The second-order valence-electron chi connectivity index (χ2n) is 6.04. The predicted molar refractivity (Wildman–Crippen MR) is 100 cm³/mol. The average Bonchev–Trinajstić information content (AvgIpc) is 2.61. The van der Waals surface area contributed by atoms with Crippen LogP contribution in [-0.2, 0) is 14.8 Å². The smallest absolute Gasteiger partial charge is 0.241 e. The number of amides is 1. The monoisotopic (exact) mass is 377 g/mol. The molecular weight excluding hydrogens is 354 g/mol. The molecule has 0 spiro atoms. The van der Waals surface area contributed by atoms with Crippen molar-refractivity contribution in [2.45, 2.75) is 31.2 Å². The molecule has 0 heterocycles. The summed E-state index contributed by atoms with van der Waals surface area (Å²) in [7, 11) is -3.73. The average molecular weight is 377 g/mol. The van der Waals surface area contributed by atoms with Crippen LogP contribution in [0.15, 0.2) is 53.4 Å². The molecule has 0 aliphatic carbocycles. The highest BCUT2D eigenvalue weighted by atomic mass is 32.2. The number of anilines is 1. The summed E-state index contributed by atoms with van der Waals surface area (Å²) in [6.45, 7) is 3.92. The second kappa shape index (κ2) is 8.31. The van der Waals surface area contributed by atoms with Crippen molar-refractivity contribution >= 4 is 21.6 Å². The lowest BCUT2D eigenvalue weighted by Crippen LogP contribution is -2.40. The van der Waals surface area contributed by atoms with Gasteiger partial charge in [0.15, 0.2) is 0 Å². The van der Waals surface area contributed by atoms with E-state index in [2.05, 4.69) is 5.32 Å². The highest BCUT2D eigenvalue weighted by molar-refractivity contribution is 7.89. The van der Waals surface area contributed by atoms with Gasteiger partial charge in [0.1, 0.15) is 11.5 Å². The minimum Gasteiger partial charge on any atom is -0.457 e. The van der Waals surface area contributed by atoms with Gasteiger partial charge in [-0.1, -0.05) is 20.3 Å². The molecule has 2 aromatic carbocycles. The summed E-state index contributed by atoms with van der Waals surface area (Å²) in [5, 5.41) is 7.82. The first kappa shape index (κ1) is 19.9. The Balaban J connectivity index is 2.00. The van der Waals surface area contributed by atoms with Gasteiger partial charge in [-0.15, -0.1) is 0 Å². The van der Waals surface area contributed by atoms with Crippen LogP contribution in [0.3, 0.4) is 0 Å². The molecule has 140 valence electrons. The van der Waals surface area contributed by atoms with Gasteiger partial charge >= 0.3 is 0 Å². The van der Waals surface area contributed by atoms with Gasteiger partial charge in [-0.2, -0.15) is 0 Å². The van der Waals surface area contributed by atoms with Crippen molar-refractivity contribution in [2.75, 3.05) is 5.32 Å². The maximum Gasteiger partial charge on any atom is 0.241 e. The Hall–Kier alpha value is -2.42. The molecule has 2 unspecified atom stereocenters. The highest BCUT2D eigenvalue weighted by Gasteiger charge is 2.19. The predicted octanol–water partition coefficient (Wildman–Crippen LogP) is 2.44. The molecule has 0 bridgehead atoms. The third-order valence-electron chi connectivity index (χ3n) is 4.07. The Kier molecular flexibility index (Phi) is 6.36. The number of hydrogen-bond acceptors (Lipinski definition) is 5. The fraction of sp³-hybridized carbons (Fsp3) is 0.278. The zero-order valence-corrected chi connectivity index (χ0v) is 15.5. The number of benzene rings is 2. The van der Waals surface area contributed by atoms with Crippen LogP contribution < -0.4 is 20.9 Å². The molecule has 5 N–H and O–H groups in total. The molecule has 0 saturated carbocycles. The van der Waals surface area contributed by atoms with Gasteiger partial charge < -0.3 is 15.8 Å². The summed E-state index contributed by atoms with van der Waals surface area (Å²) in [5.41, 5.74) is 6.52. The fourth-order valence-electron chi connectivity index (χ4n) is 2.18. The van der Waals surface area contributed by atoms with Gasteiger partial charge in [0.25, 0.3) is 0 Å². The molecule has 8 heteroatoms. The zero-order chi connectivity index (χ0) is 19.3. The second-order valence-corrected chi connectivity index (χ2v) is 7.60. The summed E-state index contributed by atoms with van der Waals surface area (Å²) >= 11 is 0. The van der Waals surface area contributed by atoms with Crippen LogP contribution in [0.1, 0.15) is 20.3 Å². The van der Waals surface area contributed by atoms with E-state index in [0.29, 0.717) is 17.2 Å². The Morgan fingerprint density at radius 2 is 1.58 bits per heavy atom. The van der Waals surface area contributed by atoms with Crippen LogP contribution >= 0.6 is 0 Å². The van der Waals surface area contributed by atoms with Crippen LogP contribution in [0.25, 0.3) is 0 Å². The van der Waals surface area contributed by atoms with Gasteiger partial charge in [-0.25, -0.2) is 13.6 Å². The Bertz CT molecular complexity index is 849. The first-order chi connectivity index (χ1) is 12.2. The van der Waals surface area contributed by atoms with Gasteiger partial charge in [0.05, 0.1) is 10.9 Å². The molecule has 0 aliphatic heterocycles. The van der Waals surface area contributed by atoms with Gasteiger partial charge in [-0.3, -0.25) is 4.79 Å². The SMILES string of the molecule is CCC(C)C(N)C(=O)Nc1ccc(Oc2ccc(S(N)(=O)=O)cc2)cc1. The van der Waals surface area contributed by atoms with Gasteiger partial charge in [-0.05, 0) is 54.4 Å². The molecule has 7 nitrogen and oxygen atoms in total. The standard InChI is InChI=1S/C18H23N3O4S/c1-3-12(2)17(19)18(22)21-13-4-6-14(7-5-13)25-15-8-10-16(11-9-15)26(20,23)24/h4-12,17H,3,19H2,1-2H3,(H,21,22)(H2,20,23,24). The molecule has 0 radical (unpaired) electrons. The van der Waals surface area contributed by atoms with Gasteiger partial charge in [0.2, 0.25) is 15.9 Å². The molecule has 2 aromatic rings. The Morgan fingerprint density at radius 3 is 2.04 bits per heavy atom. The number of nitrogens with one attached hydrogen (secondary N) is 1. The molecule has 0 aliphatic rings. The van der Waals surface area contributed by atoms with E-state index in [-0.39, 0.29) is 16.7 Å². The number of rotatable bonds is 7. The van der Waals surface area contributed by atoms with E-state index in [1.807, 2.05) is 13.8 Å². The minimum atomic E-state index is -3.73. The van der Waals surface area contributed by atoms with E-state index in [0.717, 1.165) is 6.42 Å². The Labute approximate surface area is 153 Å². The summed E-state index contributed by atoms with van der Waals surface area (Å²) in [4.78, 5) is 12.1. The van der Waals surface area contributed by atoms with E-state index in [1.54, 1.807) is 24.3 Å². The lowest BCUT2D eigenvalue weighted by Gasteiger charge is -2.17. The Morgan fingerprint density at radius 1 is 1.08 bits per heavy atom. The van der Waals surface area contributed by atoms with Crippen LogP contribution in [-0.4, -0.2) is 20.4 Å². The van der Waals surface area contributed by atoms with Crippen molar-refractivity contribution < 1.29 is 17.9 Å². The summed E-state index contributed by atoms with van der Waals surface area (Å²) in [6, 6.07) is 12.0. The number of primary sulfonamides is 1. The van der Waals surface area contributed by atoms with Crippen molar-refractivity contribution in [1.82, 2.24) is 0 Å². The molecule has 0 saturated heterocycles. The number of carbonyl (C=O) groups excluding carboxylic acids is 1. The van der Waals surface area contributed by atoms with Gasteiger partial charge in [0, 0.05) is 5.69 Å². The van der Waals surface area contributed by atoms with Crippen molar-refractivity contribution in [3.8, 4) is 11.5 Å². The fourth-order valence-corrected chi connectivity index (χ4v) is 2.69. The maximum absolute atomic E-state index is 12.1. The van der Waals surface area contributed by atoms with E-state index in [9.17, 15) is 13.2 Å². The quantitative estimate of drug-likeness (QED) is 0.683. The molecule has 26 heavy (non-hydrogen) atoms. The largest absolute Gasteiger partial charge is 0.457 e. The number of carbonyl (C=O) groups is 1. The molecular formula is C18H23N3O4S. The lowest BCUT2D eigenvalue weighted by atomic mass is 9.99. The first-order valence-electron chi connectivity index (χ1n) is 8.18. The third-order valence-corrected chi connectivity index (χ3v) is 5.00. The lowest BCUT2D eigenvalue weighted by molar-refractivity contribution is -0.118. The van der Waals surface area contributed by atoms with Crippen LogP contribution in [0, 0.1) is 5.92 Å². The zero-order valence-electron chi connectivity index (χ0n) is 14.7. The summed E-state index contributed by atoms with van der Waals surface area (Å²) in [6.07, 6.45) is 0.825. The number of ether oxygens (including phenoxy) is 1. The highest BCUT2D eigenvalue weighted by Crippen LogP contribution is 2.24. The molecule has 0 fully saturated rings. The van der Waals surface area contributed by atoms with Crippen molar-refractivity contribution in [3.63, 3.8) is 0 Å². The van der Waals surface area contributed by atoms with Crippen molar-refractivity contribution in [2.24, 2.45) is 16.8 Å². The van der Waals surface area contributed by atoms with Crippen LogP contribution in [0.4, 0.5) is 5.69 Å².